The molecule has 0 aliphatic heterocycles. The molecular formula is C9H8N2O3. The summed E-state index contributed by atoms with van der Waals surface area (Å²) in [6, 6.07) is 3.97. The molecule has 2 aromatic rings. The van der Waals surface area contributed by atoms with Gasteiger partial charge in [-0.3, -0.25) is 4.79 Å². The minimum Gasteiger partial charge on any atom is -0.480 e. The van der Waals surface area contributed by atoms with Crippen LogP contribution in [0.5, 0.6) is 0 Å². The largest absolute Gasteiger partial charge is 0.480 e. The Morgan fingerprint density at radius 2 is 2.36 bits per heavy atom. The van der Waals surface area contributed by atoms with Crippen LogP contribution >= 0.6 is 0 Å². The maximum absolute atomic E-state index is 10.7. The number of nitrogens with two attached hydrogens (primary N) is 1. The van der Waals surface area contributed by atoms with Crippen molar-refractivity contribution in [2.45, 2.75) is 6.04 Å². The van der Waals surface area contributed by atoms with Gasteiger partial charge in [-0.25, -0.2) is 4.98 Å². The predicted octanol–water partition coefficient (Wildman–Crippen LogP) is 0.912. The van der Waals surface area contributed by atoms with Crippen LogP contribution in [0.25, 0.3) is 11.1 Å². The first-order valence-electron chi connectivity index (χ1n) is 4.00. The van der Waals surface area contributed by atoms with Crippen LogP contribution < -0.4 is 5.73 Å². The van der Waals surface area contributed by atoms with E-state index < -0.39 is 12.0 Å². The molecule has 0 bridgehead atoms. The number of para-hydroxylation sites is 1. The zero-order valence-corrected chi connectivity index (χ0v) is 7.18. The van der Waals surface area contributed by atoms with Crippen molar-refractivity contribution in [2.75, 3.05) is 0 Å². The Balaban J connectivity index is 2.61. The van der Waals surface area contributed by atoms with Gasteiger partial charge in [-0.05, 0) is 6.07 Å². The fourth-order valence-corrected chi connectivity index (χ4v) is 1.29. The second kappa shape index (κ2) is 3.12. The number of carboxylic acids is 1. The lowest BCUT2D eigenvalue weighted by Crippen LogP contribution is -2.20. The molecule has 0 saturated carbocycles. The molecule has 1 aromatic carbocycles. The number of hydrogen-bond donors (Lipinski definition) is 2. The number of carbonyl (C=O) groups is 1. The van der Waals surface area contributed by atoms with Gasteiger partial charge >= 0.3 is 5.97 Å². The van der Waals surface area contributed by atoms with Crippen LogP contribution in [0.3, 0.4) is 0 Å². The Hall–Kier alpha value is -1.88. The normalized spacial score (nSPS) is 12.9. The van der Waals surface area contributed by atoms with E-state index in [1.54, 1.807) is 18.2 Å². The molecule has 0 aliphatic carbocycles. The molecule has 0 spiro atoms. The number of rotatable bonds is 2. The zero-order chi connectivity index (χ0) is 10.1. The lowest BCUT2D eigenvalue weighted by Gasteiger charge is -2.05. The molecule has 1 heterocycles. The van der Waals surface area contributed by atoms with Gasteiger partial charge in [0.05, 0.1) is 0 Å². The number of aromatic nitrogens is 1. The van der Waals surface area contributed by atoms with Gasteiger partial charge in [0.1, 0.15) is 11.6 Å². The summed E-state index contributed by atoms with van der Waals surface area (Å²) in [5, 5.41) is 8.75. The Bertz CT molecular complexity index is 478. The summed E-state index contributed by atoms with van der Waals surface area (Å²) in [5.74, 6) is -1.09. The van der Waals surface area contributed by atoms with Crippen molar-refractivity contribution in [2.24, 2.45) is 5.73 Å². The molecule has 2 rings (SSSR count). The van der Waals surface area contributed by atoms with Crippen LogP contribution in [0.4, 0.5) is 0 Å². The molecular weight excluding hydrogens is 184 g/mol. The highest BCUT2D eigenvalue weighted by Crippen LogP contribution is 2.22. The predicted molar refractivity (Wildman–Crippen MR) is 48.6 cm³/mol. The Morgan fingerprint density at radius 3 is 3.07 bits per heavy atom. The van der Waals surface area contributed by atoms with E-state index in [1.165, 1.54) is 6.39 Å². The summed E-state index contributed by atoms with van der Waals surface area (Å²) in [5.41, 5.74) is 6.96. The second-order valence-electron chi connectivity index (χ2n) is 2.86. The molecule has 0 amide bonds. The van der Waals surface area contributed by atoms with Crippen molar-refractivity contribution >= 4 is 17.1 Å². The number of carboxylic acid groups (broad SMARTS) is 1. The third kappa shape index (κ3) is 1.23. The summed E-state index contributed by atoms with van der Waals surface area (Å²) in [6.45, 7) is 0. The van der Waals surface area contributed by atoms with E-state index >= 15 is 0 Å². The molecule has 72 valence electrons. The van der Waals surface area contributed by atoms with E-state index in [1.807, 2.05) is 0 Å². The van der Waals surface area contributed by atoms with E-state index in [4.69, 9.17) is 15.3 Å². The molecule has 1 unspecified atom stereocenters. The molecule has 0 fully saturated rings. The SMILES string of the molecule is NC(C(=O)O)c1cccc2ncoc12. The van der Waals surface area contributed by atoms with Crippen LogP contribution in [0.1, 0.15) is 11.6 Å². The molecule has 0 radical (unpaired) electrons. The van der Waals surface area contributed by atoms with Crippen molar-refractivity contribution < 1.29 is 14.3 Å². The van der Waals surface area contributed by atoms with Crippen LogP contribution in [-0.2, 0) is 4.79 Å². The maximum Gasteiger partial charge on any atom is 0.325 e. The number of fused-ring (bicyclic) bond motifs is 1. The van der Waals surface area contributed by atoms with E-state index in [2.05, 4.69) is 4.98 Å². The smallest absolute Gasteiger partial charge is 0.325 e. The van der Waals surface area contributed by atoms with Gasteiger partial charge in [-0.1, -0.05) is 12.1 Å². The molecule has 3 N–H and O–H groups in total. The van der Waals surface area contributed by atoms with Gasteiger partial charge in [0.15, 0.2) is 12.0 Å². The first-order valence-corrected chi connectivity index (χ1v) is 4.00. The lowest BCUT2D eigenvalue weighted by molar-refractivity contribution is -0.138. The van der Waals surface area contributed by atoms with Gasteiger partial charge in [-0.15, -0.1) is 0 Å². The topological polar surface area (TPSA) is 89.4 Å². The molecule has 1 atom stereocenters. The summed E-state index contributed by atoms with van der Waals surface area (Å²) in [6.07, 6.45) is 1.27. The number of aliphatic carboxylic acids is 1. The fraction of sp³-hybridized carbons (Fsp3) is 0.111. The Kier molecular flexibility index (Phi) is 1.94. The number of nitrogens with zero attached hydrogens (tertiary/aromatic N) is 1. The van der Waals surface area contributed by atoms with Gasteiger partial charge in [0.2, 0.25) is 0 Å². The summed E-state index contributed by atoms with van der Waals surface area (Å²) in [7, 11) is 0. The van der Waals surface area contributed by atoms with E-state index in [-0.39, 0.29) is 0 Å². The van der Waals surface area contributed by atoms with E-state index in [9.17, 15) is 4.79 Å². The lowest BCUT2D eigenvalue weighted by atomic mass is 10.1. The average Bonchev–Trinajstić information content (AvgIpc) is 2.63. The van der Waals surface area contributed by atoms with E-state index in [0.29, 0.717) is 16.7 Å². The Labute approximate surface area is 79.2 Å². The van der Waals surface area contributed by atoms with Gasteiger partial charge in [-0.2, -0.15) is 0 Å². The van der Waals surface area contributed by atoms with Crippen molar-refractivity contribution in [3.63, 3.8) is 0 Å². The van der Waals surface area contributed by atoms with Crippen molar-refractivity contribution in [3.05, 3.63) is 30.2 Å². The number of benzene rings is 1. The highest BCUT2D eigenvalue weighted by atomic mass is 16.4. The minimum atomic E-state index is -1.09. The molecule has 5 nitrogen and oxygen atoms in total. The average molecular weight is 192 g/mol. The molecule has 0 aliphatic rings. The molecule has 14 heavy (non-hydrogen) atoms. The van der Waals surface area contributed by atoms with Crippen molar-refractivity contribution in [3.8, 4) is 0 Å². The number of hydrogen-bond acceptors (Lipinski definition) is 4. The summed E-state index contributed by atoms with van der Waals surface area (Å²) in [4.78, 5) is 14.6. The van der Waals surface area contributed by atoms with E-state index in [0.717, 1.165) is 0 Å². The third-order valence-electron chi connectivity index (χ3n) is 1.99. The van der Waals surface area contributed by atoms with Crippen LogP contribution in [0.2, 0.25) is 0 Å². The zero-order valence-electron chi connectivity index (χ0n) is 7.18. The highest BCUT2D eigenvalue weighted by molar-refractivity contribution is 5.84. The first-order chi connectivity index (χ1) is 6.70. The van der Waals surface area contributed by atoms with Gasteiger partial charge in [0.25, 0.3) is 0 Å². The maximum atomic E-state index is 10.7. The first kappa shape index (κ1) is 8.71. The third-order valence-corrected chi connectivity index (χ3v) is 1.99. The monoisotopic (exact) mass is 192 g/mol. The molecule has 5 heteroatoms. The van der Waals surface area contributed by atoms with Crippen LogP contribution in [0, 0.1) is 0 Å². The quantitative estimate of drug-likeness (QED) is 0.738. The molecule has 1 aromatic heterocycles. The van der Waals surface area contributed by atoms with Crippen molar-refractivity contribution in [1.29, 1.82) is 0 Å². The molecule has 0 saturated heterocycles. The highest BCUT2D eigenvalue weighted by Gasteiger charge is 2.18. The Morgan fingerprint density at radius 1 is 1.57 bits per heavy atom. The van der Waals surface area contributed by atoms with Crippen LogP contribution in [0.15, 0.2) is 29.0 Å². The summed E-state index contributed by atoms with van der Waals surface area (Å²) < 4.78 is 5.07. The van der Waals surface area contributed by atoms with Crippen molar-refractivity contribution in [1.82, 2.24) is 4.98 Å². The van der Waals surface area contributed by atoms with Crippen LogP contribution in [-0.4, -0.2) is 16.1 Å². The standard InChI is InChI=1S/C9H8N2O3/c10-7(9(12)13)5-2-1-3-6-8(5)14-4-11-6/h1-4,7H,10H2,(H,12,13). The number of oxazole rings is 1. The fourth-order valence-electron chi connectivity index (χ4n) is 1.29. The van der Waals surface area contributed by atoms with Gasteiger partial charge < -0.3 is 15.3 Å². The summed E-state index contributed by atoms with van der Waals surface area (Å²) >= 11 is 0. The second-order valence-corrected chi connectivity index (χ2v) is 2.86. The minimum absolute atomic E-state index is 0.433. The van der Waals surface area contributed by atoms with Gasteiger partial charge in [0, 0.05) is 5.56 Å².